The fourth-order valence-corrected chi connectivity index (χ4v) is 1.67. The minimum atomic E-state index is -0.737. The van der Waals surface area contributed by atoms with Crippen molar-refractivity contribution in [3.8, 4) is 11.8 Å². The summed E-state index contributed by atoms with van der Waals surface area (Å²) in [7, 11) is 0. The van der Waals surface area contributed by atoms with Crippen molar-refractivity contribution in [2.75, 3.05) is 6.61 Å². The minimum absolute atomic E-state index is 0.0881. The van der Waals surface area contributed by atoms with Crippen LogP contribution in [-0.2, 0) is 0 Å². The Kier molecular flexibility index (Phi) is 3.59. The van der Waals surface area contributed by atoms with Gasteiger partial charge in [0.2, 0.25) is 0 Å². The first-order valence-electron chi connectivity index (χ1n) is 5.47. The molecule has 3 heteroatoms. The minimum Gasteiger partial charge on any atom is -0.490 e. The zero-order chi connectivity index (χ0) is 12.1. The summed E-state index contributed by atoms with van der Waals surface area (Å²) in [5.74, 6) is 0.736. The Morgan fingerprint density at radius 1 is 1.18 bits per heavy atom. The summed E-state index contributed by atoms with van der Waals surface area (Å²) in [5.41, 5.74) is 0. The second-order valence-corrected chi connectivity index (χ2v) is 3.80. The van der Waals surface area contributed by atoms with Crippen molar-refractivity contribution in [1.29, 1.82) is 5.26 Å². The van der Waals surface area contributed by atoms with Crippen LogP contribution in [0.3, 0.4) is 0 Å². The van der Waals surface area contributed by atoms with Crippen LogP contribution >= 0.6 is 0 Å². The lowest BCUT2D eigenvalue weighted by Crippen LogP contribution is -2.16. The van der Waals surface area contributed by atoms with Crippen molar-refractivity contribution in [2.45, 2.75) is 12.5 Å². The van der Waals surface area contributed by atoms with E-state index < -0.39 is 6.10 Å². The van der Waals surface area contributed by atoms with E-state index in [1.165, 1.54) is 0 Å². The van der Waals surface area contributed by atoms with E-state index in [4.69, 9.17) is 10.00 Å². The summed E-state index contributed by atoms with van der Waals surface area (Å²) in [5, 5.41) is 20.0. The molecular formula is C14H13NO2. The largest absolute Gasteiger partial charge is 0.490 e. The molecule has 1 atom stereocenters. The van der Waals surface area contributed by atoms with E-state index >= 15 is 0 Å². The first kappa shape index (κ1) is 11.4. The zero-order valence-electron chi connectivity index (χ0n) is 9.34. The van der Waals surface area contributed by atoms with Crippen molar-refractivity contribution in [3.63, 3.8) is 0 Å². The van der Waals surface area contributed by atoms with Crippen LogP contribution in [0.25, 0.3) is 10.8 Å². The quantitative estimate of drug-likeness (QED) is 0.873. The molecule has 2 aromatic carbocycles. The Labute approximate surface area is 99.9 Å². The van der Waals surface area contributed by atoms with Crippen LogP contribution in [0.2, 0.25) is 0 Å². The second kappa shape index (κ2) is 5.33. The molecule has 0 spiro atoms. The van der Waals surface area contributed by atoms with Crippen LogP contribution in [0.1, 0.15) is 6.42 Å². The predicted molar refractivity (Wildman–Crippen MR) is 65.7 cm³/mol. The summed E-state index contributed by atoms with van der Waals surface area (Å²) in [6.45, 7) is 0.140. The van der Waals surface area contributed by atoms with Crippen LogP contribution in [0.15, 0.2) is 42.5 Å². The Hall–Kier alpha value is -2.05. The van der Waals surface area contributed by atoms with E-state index in [-0.39, 0.29) is 13.0 Å². The lowest BCUT2D eigenvalue weighted by molar-refractivity contribution is 0.112. The zero-order valence-corrected chi connectivity index (χ0v) is 9.34. The Morgan fingerprint density at radius 2 is 1.94 bits per heavy atom. The monoisotopic (exact) mass is 227 g/mol. The number of ether oxygens (including phenoxy) is 1. The normalized spacial score (nSPS) is 12.0. The van der Waals surface area contributed by atoms with E-state index in [2.05, 4.69) is 0 Å². The Bertz CT molecular complexity index is 540. The predicted octanol–water partition coefficient (Wildman–Crippen LogP) is 2.49. The van der Waals surface area contributed by atoms with Crippen LogP contribution in [0, 0.1) is 11.3 Å². The van der Waals surface area contributed by atoms with Gasteiger partial charge in [0.1, 0.15) is 18.5 Å². The molecule has 86 valence electrons. The number of nitriles is 1. The molecule has 3 nitrogen and oxygen atoms in total. The van der Waals surface area contributed by atoms with Gasteiger partial charge in [-0.3, -0.25) is 0 Å². The number of nitrogens with zero attached hydrogens (tertiary/aromatic N) is 1. The van der Waals surface area contributed by atoms with Crippen LogP contribution in [-0.4, -0.2) is 17.8 Å². The molecule has 17 heavy (non-hydrogen) atoms. The maximum absolute atomic E-state index is 9.44. The SMILES string of the molecule is N#CCC(O)COc1cccc2ccccc12. The number of aliphatic hydroxyl groups is 1. The molecule has 1 unspecified atom stereocenters. The average Bonchev–Trinajstić information content (AvgIpc) is 2.36. The molecule has 0 bridgehead atoms. The maximum atomic E-state index is 9.44. The summed E-state index contributed by atoms with van der Waals surface area (Å²) in [4.78, 5) is 0. The second-order valence-electron chi connectivity index (χ2n) is 3.80. The fourth-order valence-electron chi connectivity index (χ4n) is 1.67. The van der Waals surface area contributed by atoms with Gasteiger partial charge in [-0.1, -0.05) is 36.4 Å². The van der Waals surface area contributed by atoms with Crippen LogP contribution in [0.4, 0.5) is 0 Å². The van der Waals surface area contributed by atoms with Gasteiger partial charge in [0.05, 0.1) is 12.5 Å². The van der Waals surface area contributed by atoms with Crippen LogP contribution < -0.4 is 4.74 Å². The molecule has 0 amide bonds. The lowest BCUT2D eigenvalue weighted by atomic mass is 10.1. The highest BCUT2D eigenvalue weighted by Crippen LogP contribution is 2.25. The molecule has 2 aromatic rings. The summed E-state index contributed by atoms with van der Waals surface area (Å²) in [6.07, 6.45) is -0.649. The van der Waals surface area contributed by atoms with Gasteiger partial charge in [-0.15, -0.1) is 0 Å². The summed E-state index contributed by atoms with van der Waals surface area (Å²) < 4.78 is 5.53. The van der Waals surface area contributed by atoms with E-state index in [1.54, 1.807) is 0 Å². The number of hydrogen-bond donors (Lipinski definition) is 1. The molecule has 0 heterocycles. The highest BCUT2D eigenvalue weighted by Gasteiger charge is 2.06. The third kappa shape index (κ3) is 2.74. The van der Waals surface area contributed by atoms with E-state index in [1.807, 2.05) is 48.5 Å². The number of benzene rings is 2. The van der Waals surface area contributed by atoms with Crippen molar-refractivity contribution in [2.24, 2.45) is 0 Å². The molecule has 0 saturated carbocycles. The molecule has 1 N–H and O–H groups in total. The first-order valence-corrected chi connectivity index (χ1v) is 5.47. The highest BCUT2D eigenvalue weighted by atomic mass is 16.5. The van der Waals surface area contributed by atoms with Gasteiger partial charge < -0.3 is 9.84 Å². The molecule has 0 aliphatic heterocycles. The van der Waals surface area contributed by atoms with Crippen LogP contribution in [0.5, 0.6) is 5.75 Å². The summed E-state index contributed by atoms with van der Waals surface area (Å²) >= 11 is 0. The van der Waals surface area contributed by atoms with Gasteiger partial charge in [0.25, 0.3) is 0 Å². The van der Waals surface area contributed by atoms with Crippen molar-refractivity contribution in [1.82, 2.24) is 0 Å². The third-order valence-corrected chi connectivity index (χ3v) is 2.51. The molecule has 0 aliphatic rings. The molecule has 0 aliphatic carbocycles. The van der Waals surface area contributed by atoms with Crippen molar-refractivity contribution < 1.29 is 9.84 Å². The van der Waals surface area contributed by atoms with E-state index in [0.29, 0.717) is 0 Å². The number of fused-ring (bicyclic) bond motifs is 1. The third-order valence-electron chi connectivity index (χ3n) is 2.51. The number of hydrogen-bond acceptors (Lipinski definition) is 3. The first-order chi connectivity index (χ1) is 8.31. The van der Waals surface area contributed by atoms with Gasteiger partial charge in [-0.05, 0) is 11.5 Å². The Morgan fingerprint density at radius 3 is 2.76 bits per heavy atom. The van der Waals surface area contributed by atoms with Gasteiger partial charge in [-0.25, -0.2) is 0 Å². The van der Waals surface area contributed by atoms with E-state index in [0.717, 1.165) is 16.5 Å². The topological polar surface area (TPSA) is 53.2 Å². The van der Waals surface area contributed by atoms with Crippen molar-refractivity contribution in [3.05, 3.63) is 42.5 Å². The van der Waals surface area contributed by atoms with Crippen molar-refractivity contribution >= 4 is 10.8 Å². The van der Waals surface area contributed by atoms with Gasteiger partial charge >= 0.3 is 0 Å². The molecule has 2 rings (SSSR count). The Balaban J connectivity index is 2.16. The lowest BCUT2D eigenvalue weighted by Gasteiger charge is -2.11. The molecule has 0 radical (unpaired) electrons. The van der Waals surface area contributed by atoms with Gasteiger partial charge in [-0.2, -0.15) is 5.26 Å². The fraction of sp³-hybridized carbons (Fsp3) is 0.214. The standard InChI is InChI=1S/C14H13NO2/c15-9-8-12(16)10-17-14-7-3-5-11-4-1-2-6-13(11)14/h1-7,12,16H,8,10H2. The molecule has 0 aromatic heterocycles. The average molecular weight is 227 g/mol. The molecule has 0 saturated heterocycles. The van der Waals surface area contributed by atoms with Gasteiger partial charge in [0, 0.05) is 5.39 Å². The molecular weight excluding hydrogens is 214 g/mol. The summed E-state index contributed by atoms with van der Waals surface area (Å²) in [6, 6.07) is 15.6. The number of aliphatic hydroxyl groups excluding tert-OH is 1. The maximum Gasteiger partial charge on any atom is 0.127 e. The molecule has 0 fully saturated rings. The highest BCUT2D eigenvalue weighted by molar-refractivity contribution is 5.88. The smallest absolute Gasteiger partial charge is 0.127 e. The van der Waals surface area contributed by atoms with E-state index in [9.17, 15) is 5.11 Å². The number of rotatable bonds is 4. The van der Waals surface area contributed by atoms with Gasteiger partial charge in [0.15, 0.2) is 0 Å².